The molecule has 83 heavy (non-hydrogen) atoms. The minimum atomic E-state index is -0.872. The van der Waals surface area contributed by atoms with Crippen LogP contribution in [0.2, 0.25) is 0 Å². The van der Waals surface area contributed by atoms with Crippen molar-refractivity contribution in [3.05, 3.63) is 60.7 Å². The van der Waals surface area contributed by atoms with Crippen molar-refractivity contribution in [1.82, 2.24) is 31.5 Å². The molecule has 1 fully saturated rings. The number of aliphatic hydroxyl groups excluding tert-OH is 2. The van der Waals surface area contributed by atoms with Crippen LogP contribution in [-0.4, -0.2) is 121 Å². The molecule has 0 aromatic heterocycles. The molecule has 0 radical (unpaired) electrons. The summed E-state index contributed by atoms with van der Waals surface area (Å²) in [7, 11) is 0. The van der Waals surface area contributed by atoms with E-state index in [1.807, 2.05) is 72.5 Å². The van der Waals surface area contributed by atoms with Gasteiger partial charge in [0.15, 0.2) is 0 Å². The summed E-state index contributed by atoms with van der Waals surface area (Å²) in [5.74, 6) is 0.904. The zero-order valence-corrected chi connectivity index (χ0v) is 54.1. The quantitative estimate of drug-likeness (QED) is 0.0314. The van der Waals surface area contributed by atoms with E-state index in [4.69, 9.17) is 9.47 Å². The molecule has 1 aliphatic heterocycles. The highest BCUT2D eigenvalue weighted by atomic mass is 16.5. The van der Waals surface area contributed by atoms with Crippen molar-refractivity contribution in [2.45, 2.75) is 267 Å². The van der Waals surface area contributed by atoms with E-state index in [0.29, 0.717) is 65.1 Å². The number of unbranched alkanes of at least 4 members (excludes halogenated alkanes) is 14. The summed E-state index contributed by atoms with van der Waals surface area (Å²) in [6, 6.07) is 17.6. The molecule has 1 heterocycles. The van der Waals surface area contributed by atoms with E-state index in [-0.39, 0.29) is 48.1 Å². The molecule has 2 aromatic carbocycles. The number of rotatable bonds is 39. The summed E-state index contributed by atoms with van der Waals surface area (Å²) in [6.45, 7) is 23.4. The van der Waals surface area contributed by atoms with Crippen molar-refractivity contribution in [3.63, 3.8) is 0 Å². The van der Waals surface area contributed by atoms with Gasteiger partial charge in [-0.1, -0.05) is 208 Å². The highest BCUT2D eigenvalue weighted by molar-refractivity contribution is 5.88. The molecule has 3 unspecified atom stereocenters. The highest BCUT2D eigenvalue weighted by Gasteiger charge is 2.32. The van der Waals surface area contributed by atoms with Crippen molar-refractivity contribution in [2.75, 3.05) is 52.6 Å². The van der Waals surface area contributed by atoms with Crippen molar-refractivity contribution in [3.8, 4) is 11.5 Å². The van der Waals surface area contributed by atoms with Gasteiger partial charge in [-0.15, -0.1) is 0 Å². The molecular weight excluding hydrogens is 1050 g/mol. The fraction of sp³-hybridized carbons (Fsp3) is 0.731. The normalized spacial score (nSPS) is 12.6. The zero-order valence-electron chi connectivity index (χ0n) is 54.1. The Balaban J connectivity index is -0.00000130. The number of benzene rings is 2. The molecule has 1 saturated heterocycles. The molecule has 16 heteroatoms. The molecule has 0 saturated carbocycles. The second-order valence-corrected chi connectivity index (χ2v) is 21.1. The zero-order chi connectivity index (χ0) is 62.4. The largest absolute Gasteiger partial charge is 0.492 e. The van der Waals surface area contributed by atoms with Crippen molar-refractivity contribution in [1.29, 1.82) is 0 Å². The number of nitrogens with one attached hydrogen (secondary N) is 5. The third-order valence-corrected chi connectivity index (χ3v) is 12.3. The second-order valence-electron chi connectivity index (χ2n) is 21.1. The summed E-state index contributed by atoms with van der Waals surface area (Å²) in [6.07, 6.45) is 26.8. The molecule has 2 aromatic rings. The standard InChI is InChI=1S/C29H47N3O5.C26H43N3O5.4C3H8/c1-2-24-15-14-21-32(24)29(36)26(23-33)31-28(35)19-13-8-6-4-3-5-7-12-18-27(34)30-20-22-37-25-16-10-9-11-17-25;1-2-18-28-26(33)23(21-30)29-25(32)17-13-8-6-4-3-5-7-12-16-24(31)27-19-20-34-22-14-10-9-11-15-22;4*1-3-2/h9-11,16-17,24,26,33H,2-8,12-15,18-23H2,1H3,(H,30,34)(H,31,35);9-11,14-15,23,30H,2-8,12-13,16-21H2,1H3,(H,27,31)(H,28,33)(H,29,32);4*3H2,1-2H3. The van der Waals surface area contributed by atoms with Gasteiger partial charge in [0.25, 0.3) is 0 Å². The van der Waals surface area contributed by atoms with Gasteiger partial charge in [-0.3, -0.25) is 28.8 Å². The van der Waals surface area contributed by atoms with Crippen LogP contribution in [0.25, 0.3) is 0 Å². The number of carbonyl (C=O) groups excluding carboxylic acids is 6. The first-order chi connectivity index (χ1) is 40.3. The molecule has 3 rings (SSSR count). The molecule has 0 aliphatic carbocycles. The maximum absolute atomic E-state index is 12.7. The number of nitrogens with zero attached hydrogens (tertiary/aromatic N) is 1. The summed E-state index contributed by atoms with van der Waals surface area (Å²) in [4.78, 5) is 74.3. The number of carbonyl (C=O) groups is 6. The van der Waals surface area contributed by atoms with Gasteiger partial charge in [-0.2, -0.15) is 0 Å². The number of hydrogen-bond acceptors (Lipinski definition) is 10. The van der Waals surface area contributed by atoms with Gasteiger partial charge in [0.1, 0.15) is 36.8 Å². The number of amides is 6. The van der Waals surface area contributed by atoms with Crippen LogP contribution in [0.1, 0.15) is 249 Å². The first-order valence-corrected chi connectivity index (χ1v) is 32.5. The van der Waals surface area contributed by atoms with Crippen LogP contribution in [-0.2, 0) is 28.8 Å². The van der Waals surface area contributed by atoms with Crippen molar-refractivity contribution < 1.29 is 48.5 Å². The first-order valence-electron chi connectivity index (χ1n) is 32.5. The number of para-hydroxylation sites is 2. The van der Waals surface area contributed by atoms with E-state index in [9.17, 15) is 39.0 Å². The minimum absolute atomic E-state index is 0.0706. The van der Waals surface area contributed by atoms with Gasteiger partial charge in [-0.25, -0.2) is 0 Å². The Bertz CT molecular complexity index is 1790. The average molecular weight is 1170 g/mol. The van der Waals surface area contributed by atoms with Crippen LogP contribution < -0.4 is 36.1 Å². The average Bonchev–Trinajstić information content (AvgIpc) is 4.06. The van der Waals surface area contributed by atoms with E-state index >= 15 is 0 Å². The van der Waals surface area contributed by atoms with E-state index in [2.05, 4.69) is 88.9 Å². The van der Waals surface area contributed by atoms with Gasteiger partial charge in [0.2, 0.25) is 35.4 Å². The lowest BCUT2D eigenvalue weighted by Crippen LogP contribution is -2.51. The molecule has 6 amide bonds. The Morgan fingerprint density at radius 3 is 1.14 bits per heavy atom. The topological polar surface area (TPSA) is 225 Å². The number of aliphatic hydroxyl groups is 2. The molecule has 480 valence electrons. The predicted molar refractivity (Wildman–Crippen MR) is 342 cm³/mol. The lowest BCUT2D eigenvalue weighted by Gasteiger charge is -2.28. The fourth-order valence-electron chi connectivity index (χ4n) is 8.23. The molecular formula is C67H122N6O10. The van der Waals surface area contributed by atoms with Crippen LogP contribution in [0.4, 0.5) is 0 Å². The predicted octanol–water partition coefficient (Wildman–Crippen LogP) is 12.7. The fourth-order valence-corrected chi connectivity index (χ4v) is 8.23. The van der Waals surface area contributed by atoms with Crippen LogP contribution >= 0.6 is 0 Å². The van der Waals surface area contributed by atoms with E-state index in [1.54, 1.807) is 0 Å². The summed E-state index contributed by atoms with van der Waals surface area (Å²) in [5, 5.41) is 32.7. The number of ether oxygens (including phenoxy) is 2. The Morgan fingerprint density at radius 2 is 0.807 bits per heavy atom. The summed E-state index contributed by atoms with van der Waals surface area (Å²) >= 11 is 0. The number of hydrogen-bond donors (Lipinski definition) is 7. The third-order valence-electron chi connectivity index (χ3n) is 12.3. The minimum Gasteiger partial charge on any atom is -0.492 e. The Hall–Kier alpha value is -5.22. The van der Waals surface area contributed by atoms with Gasteiger partial charge >= 0.3 is 0 Å². The highest BCUT2D eigenvalue weighted by Crippen LogP contribution is 2.21. The molecule has 3 atom stereocenters. The van der Waals surface area contributed by atoms with Crippen LogP contribution in [0, 0.1) is 0 Å². The van der Waals surface area contributed by atoms with E-state index < -0.39 is 18.7 Å². The lowest BCUT2D eigenvalue weighted by atomic mass is 10.1. The molecule has 7 N–H and O–H groups in total. The smallest absolute Gasteiger partial charge is 0.247 e. The van der Waals surface area contributed by atoms with Gasteiger partial charge in [0, 0.05) is 44.8 Å². The third kappa shape index (κ3) is 52.1. The van der Waals surface area contributed by atoms with Gasteiger partial charge in [-0.05, 0) is 75.6 Å². The molecule has 0 spiro atoms. The van der Waals surface area contributed by atoms with Crippen molar-refractivity contribution in [2.24, 2.45) is 0 Å². The van der Waals surface area contributed by atoms with Gasteiger partial charge < -0.3 is 51.2 Å². The Morgan fingerprint density at radius 1 is 0.470 bits per heavy atom. The molecule has 1 aliphatic rings. The molecule has 16 nitrogen and oxygen atoms in total. The van der Waals surface area contributed by atoms with Crippen molar-refractivity contribution >= 4 is 35.4 Å². The van der Waals surface area contributed by atoms with Gasteiger partial charge in [0.05, 0.1) is 26.3 Å². The maximum Gasteiger partial charge on any atom is 0.247 e. The maximum atomic E-state index is 12.7. The molecule has 0 bridgehead atoms. The SMILES string of the molecule is CCC.CCC.CCC.CCC.CCC1CCCN1C(=O)C(CO)NC(=O)CCCCCCCCCCC(=O)NCCOc1ccccc1.CCCNC(=O)C(CO)NC(=O)CCCCCCCCCCC(=O)NCCOc1ccccc1. The lowest BCUT2D eigenvalue weighted by molar-refractivity contribution is -0.138. The Kier molecular flexibility index (Phi) is 62.1. The second kappa shape index (κ2) is 62.8. The first kappa shape index (κ1) is 82.0. The summed E-state index contributed by atoms with van der Waals surface area (Å²) in [5.41, 5.74) is 0. The van der Waals surface area contributed by atoms with Crippen LogP contribution in [0.5, 0.6) is 11.5 Å². The summed E-state index contributed by atoms with van der Waals surface area (Å²) < 4.78 is 11.1. The van der Waals surface area contributed by atoms with E-state index in [0.717, 1.165) is 140 Å². The van der Waals surface area contributed by atoms with Crippen LogP contribution in [0.15, 0.2) is 60.7 Å². The van der Waals surface area contributed by atoms with E-state index in [1.165, 1.54) is 25.7 Å². The Labute approximate surface area is 505 Å². The number of likely N-dealkylation sites (tertiary alicyclic amines) is 1. The monoisotopic (exact) mass is 1170 g/mol. The van der Waals surface area contributed by atoms with Crippen LogP contribution in [0.3, 0.4) is 0 Å².